The van der Waals surface area contributed by atoms with Gasteiger partial charge in [-0.3, -0.25) is 4.68 Å². The molecule has 0 amide bonds. The molecule has 0 radical (unpaired) electrons. The highest BCUT2D eigenvalue weighted by molar-refractivity contribution is 9.10. The molecule has 106 valence electrons. The van der Waals surface area contributed by atoms with Gasteiger partial charge < -0.3 is 14.6 Å². The topological polar surface area (TPSA) is 56.5 Å². The number of benzene rings is 1. The number of halogens is 1. The Balaban J connectivity index is 1.86. The lowest BCUT2D eigenvalue weighted by atomic mass is 10.0. The number of aliphatic hydroxyl groups excluding tert-OH is 1. The van der Waals surface area contributed by atoms with Gasteiger partial charge in [0, 0.05) is 19.2 Å². The van der Waals surface area contributed by atoms with Crippen molar-refractivity contribution in [1.29, 1.82) is 0 Å². The molecule has 1 aliphatic heterocycles. The van der Waals surface area contributed by atoms with E-state index in [1.807, 2.05) is 32.2 Å². The zero-order valence-electron chi connectivity index (χ0n) is 11.3. The van der Waals surface area contributed by atoms with Crippen LogP contribution in [0.3, 0.4) is 0 Å². The molecule has 6 heteroatoms. The van der Waals surface area contributed by atoms with Crippen molar-refractivity contribution in [3.8, 4) is 11.5 Å². The van der Waals surface area contributed by atoms with Crippen LogP contribution >= 0.6 is 15.9 Å². The van der Waals surface area contributed by atoms with Crippen molar-refractivity contribution in [3.63, 3.8) is 0 Å². The van der Waals surface area contributed by atoms with Gasteiger partial charge >= 0.3 is 0 Å². The summed E-state index contributed by atoms with van der Waals surface area (Å²) in [5, 5.41) is 14.7. The van der Waals surface area contributed by atoms with Gasteiger partial charge in [-0.1, -0.05) is 0 Å². The highest BCUT2D eigenvalue weighted by atomic mass is 79.9. The Labute approximate surface area is 125 Å². The predicted molar refractivity (Wildman–Crippen MR) is 76.9 cm³/mol. The number of hydrogen-bond donors (Lipinski definition) is 1. The molecule has 0 bridgehead atoms. The smallest absolute Gasteiger partial charge is 0.231 e. The lowest BCUT2D eigenvalue weighted by Gasteiger charge is -2.12. The summed E-state index contributed by atoms with van der Waals surface area (Å²) in [5.74, 6) is 1.35. The van der Waals surface area contributed by atoms with Crippen LogP contribution in [0.5, 0.6) is 11.5 Å². The van der Waals surface area contributed by atoms with E-state index in [1.54, 1.807) is 4.68 Å². The minimum absolute atomic E-state index is 0.217. The third-order valence-corrected chi connectivity index (χ3v) is 3.92. The van der Waals surface area contributed by atoms with Crippen LogP contribution in [-0.4, -0.2) is 21.7 Å². The van der Waals surface area contributed by atoms with Crippen molar-refractivity contribution in [1.82, 2.24) is 9.78 Å². The minimum atomic E-state index is -0.615. The van der Waals surface area contributed by atoms with Crippen molar-refractivity contribution >= 4 is 15.9 Å². The molecule has 3 rings (SSSR count). The number of ether oxygens (including phenoxy) is 2. The third kappa shape index (κ3) is 2.41. The average Bonchev–Trinajstić information content (AvgIpc) is 2.96. The van der Waals surface area contributed by atoms with Gasteiger partial charge in [0.2, 0.25) is 6.79 Å². The first-order valence-corrected chi connectivity index (χ1v) is 7.10. The highest BCUT2D eigenvalue weighted by Gasteiger charge is 2.21. The fourth-order valence-corrected chi connectivity index (χ4v) is 2.93. The zero-order chi connectivity index (χ0) is 14.3. The molecule has 2 heterocycles. The SMILES string of the molecule is Cc1cc(CC(O)c2cc(Br)c3c(c2)OCO3)n(C)n1. The van der Waals surface area contributed by atoms with Crippen molar-refractivity contribution in [2.75, 3.05) is 6.79 Å². The second kappa shape index (κ2) is 5.10. The van der Waals surface area contributed by atoms with E-state index in [2.05, 4.69) is 21.0 Å². The van der Waals surface area contributed by atoms with Gasteiger partial charge in [-0.2, -0.15) is 5.10 Å². The van der Waals surface area contributed by atoms with Gasteiger partial charge in [0.1, 0.15) is 0 Å². The number of aryl methyl sites for hydroxylation is 2. The first kappa shape index (κ1) is 13.5. The van der Waals surface area contributed by atoms with Crippen LogP contribution in [0.4, 0.5) is 0 Å². The molecule has 1 unspecified atom stereocenters. The van der Waals surface area contributed by atoms with Crippen molar-refractivity contribution in [2.24, 2.45) is 7.05 Å². The summed E-state index contributed by atoms with van der Waals surface area (Å²) in [7, 11) is 1.88. The van der Waals surface area contributed by atoms with E-state index in [0.717, 1.165) is 21.4 Å². The second-order valence-corrected chi connectivity index (χ2v) is 5.71. The van der Waals surface area contributed by atoms with E-state index in [4.69, 9.17) is 9.47 Å². The van der Waals surface area contributed by atoms with Gasteiger partial charge in [-0.25, -0.2) is 0 Å². The van der Waals surface area contributed by atoms with E-state index in [1.165, 1.54) is 0 Å². The van der Waals surface area contributed by atoms with Gasteiger partial charge in [0.05, 0.1) is 16.3 Å². The van der Waals surface area contributed by atoms with E-state index in [-0.39, 0.29) is 6.79 Å². The van der Waals surface area contributed by atoms with Gasteiger partial charge in [-0.15, -0.1) is 0 Å². The maximum absolute atomic E-state index is 10.4. The maximum Gasteiger partial charge on any atom is 0.231 e. The Morgan fingerprint density at radius 1 is 1.40 bits per heavy atom. The molecule has 1 aliphatic rings. The molecule has 0 fully saturated rings. The van der Waals surface area contributed by atoms with E-state index < -0.39 is 6.10 Å². The molecule has 0 aliphatic carbocycles. The molecular weight excluding hydrogens is 324 g/mol. The quantitative estimate of drug-likeness (QED) is 0.934. The van der Waals surface area contributed by atoms with Crippen molar-refractivity contribution < 1.29 is 14.6 Å². The lowest BCUT2D eigenvalue weighted by Crippen LogP contribution is -2.06. The number of hydrogen-bond acceptors (Lipinski definition) is 4. The summed E-state index contributed by atoms with van der Waals surface area (Å²) in [4.78, 5) is 0. The fraction of sp³-hybridized carbons (Fsp3) is 0.357. The number of aliphatic hydroxyl groups is 1. The molecule has 0 saturated heterocycles. The number of nitrogens with zero attached hydrogens (tertiary/aromatic N) is 2. The normalized spacial score (nSPS) is 14.6. The third-order valence-electron chi connectivity index (χ3n) is 3.34. The van der Waals surface area contributed by atoms with E-state index >= 15 is 0 Å². The molecule has 0 spiro atoms. The number of fused-ring (bicyclic) bond motifs is 1. The molecule has 5 nitrogen and oxygen atoms in total. The summed E-state index contributed by atoms with van der Waals surface area (Å²) in [5.41, 5.74) is 2.73. The summed E-state index contributed by atoms with van der Waals surface area (Å²) in [6, 6.07) is 5.66. The van der Waals surface area contributed by atoms with Gasteiger partial charge in [0.15, 0.2) is 11.5 Å². The number of aromatic nitrogens is 2. The van der Waals surface area contributed by atoms with Crippen LogP contribution in [0, 0.1) is 6.92 Å². The molecule has 1 aromatic heterocycles. The lowest BCUT2D eigenvalue weighted by molar-refractivity contribution is 0.170. The fourth-order valence-electron chi connectivity index (χ4n) is 2.35. The molecule has 0 saturated carbocycles. The average molecular weight is 339 g/mol. The van der Waals surface area contributed by atoms with Crippen LogP contribution in [-0.2, 0) is 13.5 Å². The molecule has 1 atom stereocenters. The van der Waals surface area contributed by atoms with E-state index in [9.17, 15) is 5.11 Å². The molecular formula is C14H15BrN2O3. The Kier molecular flexibility index (Phi) is 3.43. The largest absolute Gasteiger partial charge is 0.454 e. The van der Waals surface area contributed by atoms with Gasteiger partial charge in [0.25, 0.3) is 0 Å². The molecule has 2 aromatic rings. The van der Waals surface area contributed by atoms with Gasteiger partial charge in [-0.05, 0) is 46.6 Å². The van der Waals surface area contributed by atoms with E-state index in [0.29, 0.717) is 17.9 Å². The van der Waals surface area contributed by atoms with Crippen LogP contribution < -0.4 is 9.47 Å². The van der Waals surface area contributed by atoms with Crippen molar-refractivity contribution in [3.05, 3.63) is 39.6 Å². The Bertz CT molecular complexity index is 654. The first-order chi connectivity index (χ1) is 9.54. The zero-order valence-corrected chi connectivity index (χ0v) is 12.8. The Morgan fingerprint density at radius 3 is 2.90 bits per heavy atom. The van der Waals surface area contributed by atoms with Crippen LogP contribution in [0.1, 0.15) is 23.1 Å². The minimum Gasteiger partial charge on any atom is -0.454 e. The first-order valence-electron chi connectivity index (χ1n) is 6.31. The summed E-state index contributed by atoms with van der Waals surface area (Å²) < 4.78 is 13.3. The highest BCUT2D eigenvalue weighted by Crippen LogP contribution is 2.41. The van der Waals surface area contributed by atoms with Crippen LogP contribution in [0.15, 0.2) is 22.7 Å². The summed E-state index contributed by atoms with van der Waals surface area (Å²) >= 11 is 3.44. The maximum atomic E-state index is 10.4. The Morgan fingerprint density at radius 2 is 2.20 bits per heavy atom. The molecule has 20 heavy (non-hydrogen) atoms. The Hall–Kier alpha value is -1.53. The van der Waals surface area contributed by atoms with Crippen LogP contribution in [0.25, 0.3) is 0 Å². The predicted octanol–water partition coefficient (Wildman–Crippen LogP) is 2.50. The summed E-state index contributed by atoms with van der Waals surface area (Å²) in [6.07, 6.45) is -0.112. The standard InChI is InChI=1S/C14H15BrN2O3/c1-8-3-10(17(2)16-8)6-12(18)9-4-11(15)14-13(5-9)19-7-20-14/h3-5,12,18H,6-7H2,1-2H3. The molecule has 1 N–H and O–H groups in total. The van der Waals surface area contributed by atoms with Crippen LogP contribution in [0.2, 0.25) is 0 Å². The number of rotatable bonds is 3. The monoisotopic (exact) mass is 338 g/mol. The van der Waals surface area contributed by atoms with Crippen molar-refractivity contribution in [2.45, 2.75) is 19.4 Å². The second-order valence-electron chi connectivity index (χ2n) is 4.86. The summed E-state index contributed by atoms with van der Waals surface area (Å²) in [6.45, 7) is 2.15. The molecule has 1 aromatic carbocycles.